The zero-order valence-electron chi connectivity index (χ0n) is 26.9. The Morgan fingerprint density at radius 3 is 1.29 bits per heavy atom. The molecule has 0 aliphatic carbocycles. The van der Waals surface area contributed by atoms with Crippen molar-refractivity contribution in [2.75, 3.05) is 0 Å². The molecule has 8 rings (SSSR count). The fraction of sp³-hybridized carbons (Fsp3) is 0.119. The molecule has 6 heteroatoms. The highest BCUT2D eigenvalue weighted by Gasteiger charge is 2.34. The van der Waals surface area contributed by atoms with Crippen LogP contribution in [-0.2, 0) is 6.18 Å². The molecule has 48 heavy (non-hydrogen) atoms. The Morgan fingerprint density at radius 2 is 0.896 bits per heavy atom. The van der Waals surface area contributed by atoms with Crippen LogP contribution in [0, 0.1) is 34.3 Å². The highest BCUT2D eigenvalue weighted by atomic mass is 19.4. The van der Waals surface area contributed by atoms with E-state index in [-0.39, 0.29) is 16.8 Å². The number of aryl methyl sites for hydroxylation is 4. The van der Waals surface area contributed by atoms with Gasteiger partial charge in [-0.25, -0.2) is 4.85 Å². The minimum atomic E-state index is -4.60. The second kappa shape index (κ2) is 10.6. The van der Waals surface area contributed by atoms with Gasteiger partial charge in [-0.3, -0.25) is 0 Å². The molecular weight excluding hydrogens is 603 g/mol. The molecule has 6 aromatic carbocycles. The van der Waals surface area contributed by atoms with Crippen molar-refractivity contribution in [2.45, 2.75) is 33.9 Å². The first-order valence-electron chi connectivity index (χ1n) is 15.8. The number of hydrogen-bond acceptors (Lipinski definition) is 0. The number of nitrogens with zero attached hydrogens (tertiary/aromatic N) is 3. The quantitative estimate of drug-likeness (QED) is 0.172. The molecule has 0 saturated heterocycles. The van der Waals surface area contributed by atoms with Crippen LogP contribution in [0.2, 0.25) is 0 Å². The number of benzene rings is 6. The smallest absolute Gasteiger partial charge is 0.308 e. The molecule has 234 valence electrons. The maximum atomic E-state index is 14.5. The second-order valence-electron chi connectivity index (χ2n) is 12.8. The predicted molar refractivity (Wildman–Crippen MR) is 191 cm³/mol. The van der Waals surface area contributed by atoms with Crippen molar-refractivity contribution in [2.24, 2.45) is 0 Å². The predicted octanol–water partition coefficient (Wildman–Crippen LogP) is 12.4. The number of rotatable bonds is 3. The average molecular weight is 634 g/mol. The van der Waals surface area contributed by atoms with E-state index in [0.717, 1.165) is 71.9 Å². The fourth-order valence-corrected chi connectivity index (χ4v) is 7.22. The van der Waals surface area contributed by atoms with Crippen molar-refractivity contribution in [1.29, 1.82) is 0 Å². The molecule has 0 N–H and O–H groups in total. The van der Waals surface area contributed by atoms with Gasteiger partial charge in [-0.2, -0.15) is 13.2 Å². The number of alkyl halides is 3. The van der Waals surface area contributed by atoms with E-state index in [0.29, 0.717) is 11.4 Å². The molecule has 0 atom stereocenters. The van der Waals surface area contributed by atoms with Crippen LogP contribution in [0.4, 0.5) is 18.9 Å². The molecule has 0 saturated carbocycles. The standard InChI is InChI=1S/C42H30F3N3/c1-24-10-14-36-30(18-24)31-19-25(2)11-15-37(31)47(36)40-22-29(28-8-6-7-9-34(28)42(43,44)45)35(46-5)23-41(40)48-38-16-12-26(3)20-32(38)33-21-27(4)13-17-39(33)48/h6-23H,1-4H3. The summed E-state index contributed by atoms with van der Waals surface area (Å²) in [4.78, 5) is 3.86. The minimum Gasteiger partial charge on any atom is -0.308 e. The number of hydrogen-bond donors (Lipinski definition) is 0. The maximum absolute atomic E-state index is 14.5. The van der Waals surface area contributed by atoms with Crippen molar-refractivity contribution >= 4 is 49.3 Å². The monoisotopic (exact) mass is 633 g/mol. The van der Waals surface area contributed by atoms with Gasteiger partial charge in [0.1, 0.15) is 0 Å². The molecule has 2 heterocycles. The van der Waals surface area contributed by atoms with E-state index in [1.54, 1.807) is 18.2 Å². The molecule has 2 aromatic heterocycles. The zero-order valence-corrected chi connectivity index (χ0v) is 26.9. The zero-order chi connectivity index (χ0) is 33.5. The summed E-state index contributed by atoms with van der Waals surface area (Å²) < 4.78 is 47.7. The molecule has 0 aliphatic heterocycles. The normalized spacial score (nSPS) is 12.0. The van der Waals surface area contributed by atoms with Crippen LogP contribution in [0.3, 0.4) is 0 Å². The van der Waals surface area contributed by atoms with E-state index >= 15 is 0 Å². The molecule has 0 bridgehead atoms. The average Bonchev–Trinajstić information content (AvgIpc) is 3.54. The van der Waals surface area contributed by atoms with Crippen molar-refractivity contribution < 1.29 is 13.2 Å². The van der Waals surface area contributed by atoms with Gasteiger partial charge in [-0.1, -0.05) is 64.7 Å². The molecule has 0 radical (unpaired) electrons. The van der Waals surface area contributed by atoms with E-state index in [4.69, 9.17) is 6.57 Å². The Balaban J connectivity index is 1.59. The first kappa shape index (κ1) is 29.6. The van der Waals surface area contributed by atoms with E-state index in [2.05, 4.69) is 114 Å². The number of fused-ring (bicyclic) bond motifs is 6. The Hall–Kier alpha value is -5.80. The van der Waals surface area contributed by atoms with Crippen LogP contribution in [-0.4, -0.2) is 9.13 Å². The summed E-state index contributed by atoms with van der Waals surface area (Å²) in [6.07, 6.45) is -4.60. The van der Waals surface area contributed by atoms with Crippen molar-refractivity contribution in [3.05, 3.63) is 148 Å². The Bertz CT molecular complexity index is 2540. The van der Waals surface area contributed by atoms with Crippen LogP contribution < -0.4 is 0 Å². The molecule has 0 spiro atoms. The summed E-state index contributed by atoms with van der Waals surface area (Å²) in [5.74, 6) is 0. The summed E-state index contributed by atoms with van der Waals surface area (Å²) in [5, 5.41) is 4.26. The molecular formula is C42H30F3N3. The first-order valence-corrected chi connectivity index (χ1v) is 15.8. The van der Waals surface area contributed by atoms with Gasteiger partial charge in [0.2, 0.25) is 0 Å². The third kappa shape index (κ3) is 4.50. The lowest BCUT2D eigenvalue weighted by molar-refractivity contribution is -0.137. The number of aromatic nitrogens is 2. The Morgan fingerprint density at radius 1 is 0.500 bits per heavy atom. The van der Waals surface area contributed by atoms with Crippen LogP contribution in [0.1, 0.15) is 27.8 Å². The minimum absolute atomic E-state index is 0.0234. The largest absolute Gasteiger partial charge is 0.416 e. The van der Waals surface area contributed by atoms with Crippen molar-refractivity contribution in [1.82, 2.24) is 9.13 Å². The Kier molecular flexibility index (Phi) is 6.54. The van der Waals surface area contributed by atoms with Crippen molar-refractivity contribution in [3.63, 3.8) is 0 Å². The van der Waals surface area contributed by atoms with Crippen LogP contribution >= 0.6 is 0 Å². The van der Waals surface area contributed by atoms with Gasteiger partial charge in [-0.05, 0) is 106 Å². The summed E-state index contributed by atoms with van der Waals surface area (Å²) in [5.41, 5.74) is 9.21. The Labute approximate surface area is 275 Å². The lowest BCUT2D eigenvalue weighted by atomic mass is 9.96. The second-order valence-corrected chi connectivity index (χ2v) is 12.8. The van der Waals surface area contributed by atoms with E-state index in [9.17, 15) is 13.2 Å². The number of halogens is 3. The third-order valence-corrected chi connectivity index (χ3v) is 9.37. The lowest BCUT2D eigenvalue weighted by Gasteiger charge is -2.21. The lowest BCUT2D eigenvalue weighted by Crippen LogP contribution is -2.08. The van der Waals surface area contributed by atoms with Crippen LogP contribution in [0.25, 0.3) is 71.0 Å². The molecule has 0 aliphatic rings. The van der Waals surface area contributed by atoms with Gasteiger partial charge >= 0.3 is 6.18 Å². The first-order chi connectivity index (χ1) is 23.0. The van der Waals surface area contributed by atoms with E-state index in [1.807, 2.05) is 0 Å². The van der Waals surface area contributed by atoms with Crippen LogP contribution in [0.15, 0.2) is 109 Å². The fourth-order valence-electron chi connectivity index (χ4n) is 7.22. The summed E-state index contributed by atoms with van der Waals surface area (Å²) in [6, 6.07) is 34.3. The van der Waals surface area contributed by atoms with Gasteiger partial charge in [0.15, 0.2) is 5.69 Å². The molecule has 8 aromatic rings. The molecule has 3 nitrogen and oxygen atoms in total. The van der Waals surface area contributed by atoms with Crippen molar-refractivity contribution in [3.8, 4) is 22.5 Å². The highest BCUT2D eigenvalue weighted by Crippen LogP contribution is 2.46. The highest BCUT2D eigenvalue weighted by molar-refractivity contribution is 6.12. The van der Waals surface area contributed by atoms with E-state index < -0.39 is 11.7 Å². The molecule has 0 unspecified atom stereocenters. The molecule has 0 fully saturated rings. The summed E-state index contributed by atoms with van der Waals surface area (Å²) in [7, 11) is 0. The van der Waals surface area contributed by atoms with Gasteiger partial charge in [0, 0.05) is 21.5 Å². The van der Waals surface area contributed by atoms with Crippen LogP contribution in [0.5, 0.6) is 0 Å². The summed E-state index contributed by atoms with van der Waals surface area (Å²) >= 11 is 0. The third-order valence-electron chi connectivity index (χ3n) is 9.37. The van der Waals surface area contributed by atoms with E-state index in [1.165, 1.54) is 12.1 Å². The SMILES string of the molecule is [C-]#[N+]c1cc(-n2c3ccc(C)cc3c3cc(C)ccc32)c(-n2c3ccc(C)cc3c3cc(C)ccc32)cc1-c1ccccc1C(F)(F)F. The van der Waals surface area contributed by atoms with Gasteiger partial charge in [0.25, 0.3) is 0 Å². The molecule has 0 amide bonds. The van der Waals surface area contributed by atoms with Gasteiger partial charge in [-0.15, -0.1) is 0 Å². The topological polar surface area (TPSA) is 14.2 Å². The summed E-state index contributed by atoms with van der Waals surface area (Å²) in [6.45, 7) is 16.5. The van der Waals surface area contributed by atoms with Gasteiger partial charge in [0.05, 0.1) is 45.6 Å². The van der Waals surface area contributed by atoms with Gasteiger partial charge < -0.3 is 9.13 Å². The maximum Gasteiger partial charge on any atom is 0.416 e.